The van der Waals surface area contributed by atoms with Gasteiger partial charge in [-0.05, 0) is 19.9 Å². The van der Waals surface area contributed by atoms with Crippen LogP contribution in [-0.2, 0) is 23.8 Å². The molecule has 5 rings (SSSR count). The van der Waals surface area contributed by atoms with Crippen molar-refractivity contribution in [2.45, 2.75) is 85.6 Å². The van der Waals surface area contributed by atoms with E-state index in [4.69, 9.17) is 18.9 Å². The SMILES string of the molecule is CO[C@H]1/C=C\O[C@@]2(C)Oc3c(C)c(O)c4c(O)c(cc(O)c4c3C2=O)NC(=O)/C(C)=C\C=C/[C@H](C)[C@@H](O)[C@@H](C)[C@@H](O)[C@@H](C)[C@H](OC(C)=O)[C@H]1C. The van der Waals surface area contributed by atoms with E-state index in [-0.39, 0.29) is 38.9 Å². The van der Waals surface area contributed by atoms with Crippen LogP contribution >= 0.6 is 0 Å². The maximum Gasteiger partial charge on any atom is 0.312 e. The molecule has 5 bridgehead atoms. The minimum absolute atomic E-state index is 0.0709. The molecule has 0 aliphatic carbocycles. The molecule has 2 aromatic rings. The molecule has 3 heterocycles. The number of phenols is 3. The molecule has 0 aromatic heterocycles. The molecule has 6 N–H and O–H groups in total. The number of fused-ring (bicyclic) bond motifs is 14. The number of esters is 1. The Bertz CT molecular complexity index is 1760. The number of hydrogen-bond donors (Lipinski definition) is 6. The standard InChI is InChI=1S/C37H47NO12/c1-16-11-10-12-17(2)36(46)38-23-15-24(40)26-27(32(23)44)31(43)21(6)34-28(26)35(45)37(8,50-34)48-14-13-25(47-9)18(3)33(49-22(7)39)20(5)30(42)19(4)29(16)41/h10-16,18-20,25,29-30,33,40-44H,1-9H3,(H,38,46)/b11-10-,14-13-,17-12-/t16-,18-,19+,20+,25-,29+,30+,33+,37-/m0/s1. The molecule has 3 aliphatic rings. The molecule has 0 fully saturated rings. The molecule has 0 spiro atoms. The summed E-state index contributed by atoms with van der Waals surface area (Å²) < 4.78 is 23.2. The topological polar surface area (TPSA) is 201 Å². The van der Waals surface area contributed by atoms with Crippen molar-refractivity contribution in [2.75, 3.05) is 12.4 Å². The van der Waals surface area contributed by atoms with Gasteiger partial charge in [-0.1, -0.05) is 45.9 Å². The Kier molecular flexibility index (Phi) is 11.2. The van der Waals surface area contributed by atoms with E-state index < -0.39 is 88.8 Å². The van der Waals surface area contributed by atoms with Crippen LogP contribution in [0.3, 0.4) is 0 Å². The molecular formula is C37H47NO12. The first-order chi connectivity index (χ1) is 23.4. The van der Waals surface area contributed by atoms with Gasteiger partial charge in [-0.25, -0.2) is 0 Å². The van der Waals surface area contributed by atoms with E-state index >= 15 is 0 Å². The highest BCUT2D eigenvalue weighted by atomic mass is 16.7. The predicted octanol–water partition coefficient (Wildman–Crippen LogP) is 4.75. The smallest absolute Gasteiger partial charge is 0.312 e. The van der Waals surface area contributed by atoms with Crippen molar-refractivity contribution in [3.8, 4) is 23.0 Å². The number of aromatic hydroxyl groups is 3. The largest absolute Gasteiger partial charge is 0.507 e. The Hall–Kier alpha value is -4.59. The number of rotatable bonds is 2. The van der Waals surface area contributed by atoms with Gasteiger partial charge in [0.15, 0.2) is 5.75 Å². The number of carbonyl (C=O) groups is 3. The number of phenolic OH excluding ortho intramolecular Hbond substituents is 3. The second-order valence-corrected chi connectivity index (χ2v) is 13.4. The normalized spacial score (nSPS) is 33.2. The number of anilines is 1. The lowest BCUT2D eigenvalue weighted by molar-refractivity contribution is -0.160. The fourth-order valence-corrected chi connectivity index (χ4v) is 6.65. The van der Waals surface area contributed by atoms with Crippen LogP contribution in [0, 0.1) is 30.6 Å². The van der Waals surface area contributed by atoms with E-state index in [0.29, 0.717) is 0 Å². The number of benzene rings is 2. The summed E-state index contributed by atoms with van der Waals surface area (Å²) in [5, 5.41) is 58.2. The lowest BCUT2D eigenvalue weighted by Gasteiger charge is -2.38. The van der Waals surface area contributed by atoms with Crippen LogP contribution in [0.25, 0.3) is 10.8 Å². The fourth-order valence-electron chi connectivity index (χ4n) is 6.65. The van der Waals surface area contributed by atoms with E-state index in [1.807, 2.05) is 0 Å². The zero-order valence-corrected chi connectivity index (χ0v) is 29.7. The number of allylic oxidation sites excluding steroid dienone is 2. The summed E-state index contributed by atoms with van der Waals surface area (Å²) >= 11 is 0. The number of carbonyl (C=O) groups excluding carboxylic acids is 3. The van der Waals surface area contributed by atoms with Gasteiger partial charge in [-0.3, -0.25) is 14.4 Å². The molecule has 13 nitrogen and oxygen atoms in total. The Morgan fingerprint density at radius 2 is 1.60 bits per heavy atom. The molecule has 50 heavy (non-hydrogen) atoms. The molecule has 0 saturated carbocycles. The summed E-state index contributed by atoms with van der Waals surface area (Å²) in [6, 6.07) is 1.06. The summed E-state index contributed by atoms with van der Waals surface area (Å²) in [6.07, 6.45) is 3.62. The first-order valence-electron chi connectivity index (χ1n) is 16.4. The highest BCUT2D eigenvalue weighted by Gasteiger charge is 2.49. The van der Waals surface area contributed by atoms with Crippen molar-refractivity contribution in [2.24, 2.45) is 23.7 Å². The number of Topliss-reactive ketones (excluding diaryl/α,β-unsaturated/α-hetero) is 1. The number of amides is 1. The average molecular weight is 698 g/mol. The number of ether oxygens (including phenoxy) is 4. The Morgan fingerprint density at radius 3 is 2.22 bits per heavy atom. The molecule has 0 unspecified atom stereocenters. The van der Waals surface area contributed by atoms with Crippen molar-refractivity contribution in [1.29, 1.82) is 0 Å². The number of methoxy groups -OCH3 is 1. The molecule has 0 saturated heterocycles. The van der Waals surface area contributed by atoms with E-state index in [9.17, 15) is 39.9 Å². The zero-order valence-electron chi connectivity index (χ0n) is 29.7. The van der Waals surface area contributed by atoms with Crippen molar-refractivity contribution in [3.05, 3.63) is 53.3 Å². The molecular weight excluding hydrogens is 650 g/mol. The third kappa shape index (κ3) is 7.03. The predicted molar refractivity (Wildman–Crippen MR) is 184 cm³/mol. The molecule has 9 atom stereocenters. The first-order valence-corrected chi connectivity index (χ1v) is 16.4. The number of aliphatic hydroxyl groups excluding tert-OH is 2. The second-order valence-electron chi connectivity index (χ2n) is 13.4. The molecule has 13 heteroatoms. The Labute approximate surface area is 290 Å². The lowest BCUT2D eigenvalue weighted by Crippen LogP contribution is -2.46. The second kappa shape index (κ2) is 14.7. The van der Waals surface area contributed by atoms with Gasteiger partial charge < -0.3 is 49.8 Å². The summed E-state index contributed by atoms with van der Waals surface area (Å²) in [4.78, 5) is 39.2. The maximum absolute atomic E-state index is 13.9. The van der Waals surface area contributed by atoms with E-state index in [2.05, 4.69) is 5.32 Å². The van der Waals surface area contributed by atoms with Crippen LogP contribution in [0.1, 0.15) is 64.4 Å². The highest BCUT2D eigenvalue weighted by molar-refractivity contribution is 6.21. The van der Waals surface area contributed by atoms with Crippen LogP contribution < -0.4 is 10.1 Å². The molecule has 3 aliphatic heterocycles. The quantitative estimate of drug-likeness (QED) is 0.143. The number of nitrogens with one attached hydrogen (secondary N) is 1. The molecule has 2 aromatic carbocycles. The molecule has 272 valence electrons. The summed E-state index contributed by atoms with van der Waals surface area (Å²) in [5.74, 6) is -7.99. The van der Waals surface area contributed by atoms with Crippen molar-refractivity contribution in [3.63, 3.8) is 0 Å². The fraction of sp³-hybridized carbons (Fsp3) is 0.486. The summed E-state index contributed by atoms with van der Waals surface area (Å²) in [5.41, 5.74) is -0.0929. The van der Waals surface area contributed by atoms with E-state index in [0.717, 1.165) is 6.07 Å². The van der Waals surface area contributed by atoms with Crippen molar-refractivity contribution >= 4 is 34.1 Å². The van der Waals surface area contributed by atoms with Crippen molar-refractivity contribution in [1.82, 2.24) is 0 Å². The Balaban J connectivity index is 1.87. The third-order valence-electron chi connectivity index (χ3n) is 9.84. The van der Waals surface area contributed by atoms with Gasteiger partial charge in [-0.2, -0.15) is 0 Å². The van der Waals surface area contributed by atoms with Crippen LogP contribution in [0.2, 0.25) is 0 Å². The van der Waals surface area contributed by atoms with Gasteiger partial charge in [0.1, 0.15) is 23.4 Å². The number of hydrogen-bond acceptors (Lipinski definition) is 12. The Morgan fingerprint density at radius 1 is 0.940 bits per heavy atom. The molecule has 0 radical (unpaired) electrons. The van der Waals surface area contributed by atoms with Crippen LogP contribution in [-0.4, -0.2) is 80.5 Å². The number of ketones is 1. The maximum atomic E-state index is 13.9. The summed E-state index contributed by atoms with van der Waals surface area (Å²) in [7, 11) is 1.43. The lowest BCUT2D eigenvalue weighted by atomic mass is 9.78. The monoisotopic (exact) mass is 697 g/mol. The third-order valence-corrected chi connectivity index (χ3v) is 9.84. The van der Waals surface area contributed by atoms with Gasteiger partial charge >= 0.3 is 11.8 Å². The first kappa shape index (κ1) is 38.2. The van der Waals surface area contributed by atoms with Crippen LogP contribution in [0.15, 0.2) is 42.2 Å². The van der Waals surface area contributed by atoms with Gasteiger partial charge in [-0.15, -0.1) is 0 Å². The summed E-state index contributed by atoms with van der Waals surface area (Å²) in [6.45, 7) is 12.5. The van der Waals surface area contributed by atoms with Crippen molar-refractivity contribution < 1.29 is 58.9 Å². The minimum atomic E-state index is -1.98. The van der Waals surface area contributed by atoms with Gasteiger partial charge in [0.2, 0.25) is 0 Å². The highest BCUT2D eigenvalue weighted by Crippen LogP contribution is 2.53. The van der Waals surface area contributed by atoms with E-state index in [1.54, 1.807) is 39.8 Å². The minimum Gasteiger partial charge on any atom is -0.507 e. The average Bonchev–Trinajstić information content (AvgIpc) is 3.33. The van der Waals surface area contributed by atoms with Gasteiger partial charge in [0, 0.05) is 67.2 Å². The van der Waals surface area contributed by atoms with Crippen LogP contribution in [0.4, 0.5) is 5.69 Å². The van der Waals surface area contributed by atoms with Gasteiger partial charge in [0.25, 0.3) is 11.7 Å². The van der Waals surface area contributed by atoms with Gasteiger partial charge in [0.05, 0.1) is 41.2 Å². The zero-order chi connectivity index (χ0) is 37.4. The van der Waals surface area contributed by atoms with E-state index in [1.165, 1.54) is 53.2 Å². The molecule has 1 amide bonds. The van der Waals surface area contributed by atoms with Crippen LogP contribution in [0.5, 0.6) is 23.0 Å². The number of aliphatic hydroxyl groups is 2.